The Bertz CT molecular complexity index is 1010. The van der Waals surface area contributed by atoms with Gasteiger partial charge in [-0.1, -0.05) is 47.6 Å². The van der Waals surface area contributed by atoms with Crippen molar-refractivity contribution in [3.8, 4) is 11.4 Å². The molecule has 2 aromatic carbocycles. The zero-order valence-corrected chi connectivity index (χ0v) is 18.9. The van der Waals surface area contributed by atoms with Gasteiger partial charge in [-0.15, -0.1) is 10.2 Å². The predicted octanol–water partition coefficient (Wildman–Crippen LogP) is 4.57. The number of nitrogens with zero attached hydrogens (tertiary/aromatic N) is 3. The molecule has 31 heavy (non-hydrogen) atoms. The Balaban J connectivity index is 1.72. The van der Waals surface area contributed by atoms with E-state index in [-0.39, 0.29) is 11.7 Å². The lowest BCUT2D eigenvalue weighted by molar-refractivity contribution is -0.120. The van der Waals surface area contributed by atoms with Crippen LogP contribution in [0.2, 0.25) is 5.02 Å². The van der Waals surface area contributed by atoms with Crippen molar-refractivity contribution in [2.24, 2.45) is 0 Å². The van der Waals surface area contributed by atoms with Crippen molar-refractivity contribution in [2.75, 3.05) is 13.7 Å². The predicted molar refractivity (Wildman–Crippen MR) is 121 cm³/mol. The summed E-state index contributed by atoms with van der Waals surface area (Å²) in [6.45, 7) is 3.37. The monoisotopic (exact) mass is 462 g/mol. The van der Waals surface area contributed by atoms with E-state index in [0.717, 1.165) is 17.5 Å². The number of nitrogens with one attached hydrogen (secondary N) is 1. The van der Waals surface area contributed by atoms with Gasteiger partial charge in [0, 0.05) is 32.4 Å². The van der Waals surface area contributed by atoms with Gasteiger partial charge in [0.2, 0.25) is 5.91 Å². The van der Waals surface area contributed by atoms with E-state index in [1.54, 1.807) is 19.2 Å². The topological polar surface area (TPSA) is 69.0 Å². The van der Waals surface area contributed by atoms with Gasteiger partial charge in [-0.25, -0.2) is 4.39 Å². The van der Waals surface area contributed by atoms with Gasteiger partial charge in [0.15, 0.2) is 11.0 Å². The molecule has 6 nitrogen and oxygen atoms in total. The summed E-state index contributed by atoms with van der Waals surface area (Å²) in [5.41, 5.74) is 1.62. The number of hydrogen-bond acceptors (Lipinski definition) is 5. The van der Waals surface area contributed by atoms with Crippen molar-refractivity contribution in [2.45, 2.75) is 36.8 Å². The summed E-state index contributed by atoms with van der Waals surface area (Å²) in [5.74, 6) is 0.212. The van der Waals surface area contributed by atoms with Gasteiger partial charge < -0.3 is 14.6 Å². The molecule has 0 saturated heterocycles. The second kappa shape index (κ2) is 11.3. The Morgan fingerprint density at radius 3 is 2.68 bits per heavy atom. The largest absolute Gasteiger partial charge is 0.385 e. The third kappa shape index (κ3) is 6.29. The third-order valence-electron chi connectivity index (χ3n) is 4.59. The van der Waals surface area contributed by atoms with Crippen molar-refractivity contribution in [1.82, 2.24) is 20.1 Å². The van der Waals surface area contributed by atoms with Crippen LogP contribution < -0.4 is 5.32 Å². The van der Waals surface area contributed by atoms with Crippen LogP contribution in [0.15, 0.2) is 53.7 Å². The average molecular weight is 463 g/mol. The Hall–Kier alpha value is -2.42. The van der Waals surface area contributed by atoms with Crippen LogP contribution in [0.5, 0.6) is 0 Å². The summed E-state index contributed by atoms with van der Waals surface area (Å²) < 4.78 is 20.2. The molecule has 1 aromatic heterocycles. The van der Waals surface area contributed by atoms with Crippen LogP contribution >= 0.6 is 23.4 Å². The molecule has 1 atom stereocenters. The van der Waals surface area contributed by atoms with Crippen LogP contribution in [-0.2, 0) is 22.6 Å². The number of amides is 1. The van der Waals surface area contributed by atoms with E-state index in [9.17, 15) is 9.18 Å². The number of benzene rings is 2. The normalized spacial score (nSPS) is 12.0. The summed E-state index contributed by atoms with van der Waals surface area (Å²) in [5, 5.41) is 12.4. The highest BCUT2D eigenvalue weighted by molar-refractivity contribution is 8.00. The summed E-state index contributed by atoms with van der Waals surface area (Å²) in [6.07, 6.45) is 0.769. The van der Waals surface area contributed by atoms with E-state index in [1.807, 2.05) is 35.8 Å². The number of ether oxygens (including phenoxy) is 1. The summed E-state index contributed by atoms with van der Waals surface area (Å²) >= 11 is 7.70. The maximum atomic E-state index is 13.0. The number of aromatic nitrogens is 3. The van der Waals surface area contributed by atoms with Crippen molar-refractivity contribution in [1.29, 1.82) is 0 Å². The fraction of sp³-hybridized carbons (Fsp3) is 0.318. The van der Waals surface area contributed by atoms with E-state index in [4.69, 9.17) is 16.3 Å². The Labute approximate surface area is 190 Å². The fourth-order valence-electron chi connectivity index (χ4n) is 2.93. The molecular weight excluding hydrogens is 439 g/mol. The van der Waals surface area contributed by atoms with Gasteiger partial charge in [0.05, 0.1) is 10.3 Å². The molecule has 1 heterocycles. The molecule has 1 amide bonds. The molecule has 1 unspecified atom stereocenters. The molecule has 3 rings (SSSR count). The molecule has 0 aliphatic carbocycles. The zero-order chi connectivity index (χ0) is 22.2. The van der Waals surface area contributed by atoms with Crippen LogP contribution in [0.4, 0.5) is 4.39 Å². The first-order valence-electron chi connectivity index (χ1n) is 9.85. The summed E-state index contributed by atoms with van der Waals surface area (Å²) in [6, 6.07) is 13.5. The van der Waals surface area contributed by atoms with Crippen LogP contribution in [0.1, 0.15) is 18.9 Å². The van der Waals surface area contributed by atoms with Gasteiger partial charge in [-0.05, 0) is 43.2 Å². The number of thioether (sulfide) groups is 1. The lowest BCUT2D eigenvalue weighted by Gasteiger charge is -2.14. The molecular formula is C22H24ClFN4O2S. The van der Waals surface area contributed by atoms with Crippen molar-refractivity contribution >= 4 is 29.3 Å². The van der Waals surface area contributed by atoms with Crippen molar-refractivity contribution < 1.29 is 13.9 Å². The lowest BCUT2D eigenvalue weighted by Crippen LogP contribution is -2.30. The minimum absolute atomic E-state index is 0.139. The van der Waals surface area contributed by atoms with Gasteiger partial charge in [-0.2, -0.15) is 0 Å². The van der Waals surface area contributed by atoms with Crippen LogP contribution in [-0.4, -0.2) is 39.6 Å². The van der Waals surface area contributed by atoms with E-state index in [1.165, 1.54) is 23.9 Å². The number of rotatable bonds is 10. The highest BCUT2D eigenvalue weighted by Crippen LogP contribution is 2.31. The molecule has 164 valence electrons. The third-order valence-corrected chi connectivity index (χ3v) is 6.00. The SMILES string of the molecule is COCCCn1c(SC(C)C(=O)NCc2ccc(F)cc2)nnc1-c1ccccc1Cl. The number of hydrogen-bond donors (Lipinski definition) is 1. The number of halogens is 2. The maximum Gasteiger partial charge on any atom is 0.233 e. The van der Waals surface area contributed by atoms with Gasteiger partial charge >= 0.3 is 0 Å². The standard InChI is InChI=1S/C22H24ClFN4O2S/c1-15(21(29)25-14-16-8-10-17(24)11-9-16)31-22-27-26-20(28(22)12-5-13-30-2)18-6-3-4-7-19(18)23/h3-4,6-11,15H,5,12-14H2,1-2H3,(H,25,29). The first kappa shape index (κ1) is 23.2. The first-order valence-corrected chi connectivity index (χ1v) is 11.1. The molecule has 0 fully saturated rings. The first-order chi connectivity index (χ1) is 15.0. The van der Waals surface area contributed by atoms with E-state index >= 15 is 0 Å². The van der Waals surface area contributed by atoms with Crippen molar-refractivity contribution in [3.63, 3.8) is 0 Å². The molecule has 0 saturated carbocycles. The molecule has 0 radical (unpaired) electrons. The van der Waals surface area contributed by atoms with Gasteiger partial charge in [-0.3, -0.25) is 4.79 Å². The number of carbonyl (C=O) groups is 1. The Morgan fingerprint density at radius 1 is 1.23 bits per heavy atom. The van der Waals surface area contributed by atoms with Gasteiger partial charge in [0.25, 0.3) is 0 Å². The Kier molecular flexibility index (Phi) is 8.45. The average Bonchev–Trinajstić information content (AvgIpc) is 3.15. The molecule has 0 bridgehead atoms. The van der Waals surface area contributed by atoms with Crippen molar-refractivity contribution in [3.05, 3.63) is 64.9 Å². The van der Waals surface area contributed by atoms with E-state index < -0.39 is 5.25 Å². The minimum Gasteiger partial charge on any atom is -0.385 e. The van der Waals surface area contributed by atoms with Crippen LogP contribution in [0, 0.1) is 5.82 Å². The van der Waals surface area contributed by atoms with E-state index in [0.29, 0.717) is 35.7 Å². The lowest BCUT2D eigenvalue weighted by atomic mass is 10.2. The quantitative estimate of drug-likeness (QED) is 0.353. The minimum atomic E-state index is -0.398. The zero-order valence-electron chi connectivity index (χ0n) is 17.3. The smallest absolute Gasteiger partial charge is 0.233 e. The van der Waals surface area contributed by atoms with Crippen LogP contribution in [0.25, 0.3) is 11.4 Å². The number of methoxy groups -OCH3 is 1. The molecule has 9 heteroatoms. The van der Waals surface area contributed by atoms with Gasteiger partial charge in [0.1, 0.15) is 5.82 Å². The fourth-order valence-corrected chi connectivity index (χ4v) is 4.05. The second-order valence-electron chi connectivity index (χ2n) is 6.89. The molecule has 0 aliphatic rings. The number of carbonyl (C=O) groups excluding carboxylic acids is 1. The molecule has 3 aromatic rings. The molecule has 1 N–H and O–H groups in total. The molecule has 0 spiro atoms. The highest BCUT2D eigenvalue weighted by Gasteiger charge is 2.21. The van der Waals surface area contributed by atoms with Crippen LogP contribution in [0.3, 0.4) is 0 Å². The summed E-state index contributed by atoms with van der Waals surface area (Å²) in [7, 11) is 1.66. The maximum absolute atomic E-state index is 13.0. The summed E-state index contributed by atoms with van der Waals surface area (Å²) in [4.78, 5) is 12.6. The molecule has 0 aliphatic heterocycles. The second-order valence-corrected chi connectivity index (χ2v) is 8.60. The highest BCUT2D eigenvalue weighted by atomic mass is 35.5. The van der Waals surface area contributed by atoms with E-state index in [2.05, 4.69) is 15.5 Å². The Morgan fingerprint density at radius 2 is 1.97 bits per heavy atom.